The average molecular weight is 355 g/mol. The van der Waals surface area contributed by atoms with Crippen molar-refractivity contribution in [3.05, 3.63) is 48.0 Å². The number of amides is 2. The molecule has 2 aromatic carbocycles. The van der Waals surface area contributed by atoms with Crippen LogP contribution in [0, 0.1) is 0 Å². The van der Waals surface area contributed by atoms with Crippen molar-refractivity contribution in [2.24, 2.45) is 0 Å². The van der Waals surface area contributed by atoms with Gasteiger partial charge in [-0.2, -0.15) is 0 Å². The molecular weight excluding hydrogens is 338 g/mol. The van der Waals surface area contributed by atoms with Crippen molar-refractivity contribution in [3.8, 4) is 11.1 Å². The Balaban J connectivity index is 1.90. The van der Waals surface area contributed by atoms with E-state index in [4.69, 9.17) is 5.11 Å². The van der Waals surface area contributed by atoms with Crippen molar-refractivity contribution in [2.45, 2.75) is 6.92 Å². The summed E-state index contributed by atoms with van der Waals surface area (Å²) in [6, 6.07) is 13.1. The number of hydrogen-bond acceptors (Lipinski definition) is 5. The smallest absolute Gasteiger partial charge is 0.251 e. The molecule has 6 nitrogen and oxygen atoms in total. The molecule has 0 spiro atoms. The van der Waals surface area contributed by atoms with E-state index >= 15 is 0 Å². The number of fused-ring (bicyclic) bond motifs is 1. The number of anilines is 1. The van der Waals surface area contributed by atoms with E-state index in [9.17, 15) is 9.59 Å². The first-order valence-corrected chi connectivity index (χ1v) is 8.56. The fraction of sp³-hybridized carbons (Fsp3) is 0.167. The number of aromatic nitrogens is 1. The van der Waals surface area contributed by atoms with Gasteiger partial charge in [0.25, 0.3) is 5.91 Å². The SMILES string of the molecule is CC(=O)Nc1nc2ccc(-c3cccc(C(=O)NCCO)c3)cc2s1. The van der Waals surface area contributed by atoms with Crippen LogP contribution in [0.25, 0.3) is 21.3 Å². The van der Waals surface area contributed by atoms with Crippen LogP contribution in [-0.4, -0.2) is 35.1 Å². The average Bonchev–Trinajstić information content (AvgIpc) is 3.00. The summed E-state index contributed by atoms with van der Waals surface area (Å²) in [5.41, 5.74) is 3.22. The van der Waals surface area contributed by atoms with E-state index < -0.39 is 0 Å². The minimum absolute atomic E-state index is 0.0931. The molecule has 0 radical (unpaired) electrons. The molecule has 25 heavy (non-hydrogen) atoms. The second kappa shape index (κ2) is 7.42. The lowest BCUT2D eigenvalue weighted by Gasteiger charge is -2.06. The molecule has 3 N–H and O–H groups in total. The predicted octanol–water partition coefficient (Wildman–Crippen LogP) is 2.64. The van der Waals surface area contributed by atoms with Gasteiger partial charge in [0.15, 0.2) is 5.13 Å². The zero-order valence-corrected chi connectivity index (χ0v) is 14.4. The van der Waals surface area contributed by atoms with Crippen molar-refractivity contribution in [1.29, 1.82) is 0 Å². The summed E-state index contributed by atoms with van der Waals surface area (Å²) in [7, 11) is 0. The zero-order chi connectivity index (χ0) is 17.8. The van der Waals surface area contributed by atoms with E-state index in [1.165, 1.54) is 18.3 Å². The van der Waals surface area contributed by atoms with E-state index in [1.54, 1.807) is 6.07 Å². The summed E-state index contributed by atoms with van der Waals surface area (Å²) in [5, 5.41) is 14.7. The summed E-state index contributed by atoms with van der Waals surface area (Å²) >= 11 is 1.41. The number of hydrogen-bond donors (Lipinski definition) is 3. The van der Waals surface area contributed by atoms with Gasteiger partial charge in [0.1, 0.15) is 0 Å². The monoisotopic (exact) mass is 355 g/mol. The normalized spacial score (nSPS) is 10.6. The van der Waals surface area contributed by atoms with Crippen LogP contribution in [0.1, 0.15) is 17.3 Å². The number of thiazole rings is 1. The molecule has 7 heteroatoms. The molecule has 0 unspecified atom stereocenters. The van der Waals surface area contributed by atoms with Crippen molar-refractivity contribution in [1.82, 2.24) is 10.3 Å². The van der Waals surface area contributed by atoms with Crippen molar-refractivity contribution in [3.63, 3.8) is 0 Å². The Labute approximate surface area is 148 Å². The van der Waals surface area contributed by atoms with Crippen LogP contribution >= 0.6 is 11.3 Å². The number of nitrogens with one attached hydrogen (secondary N) is 2. The summed E-state index contributed by atoms with van der Waals surface area (Å²) in [6.07, 6.45) is 0. The maximum Gasteiger partial charge on any atom is 0.251 e. The lowest BCUT2D eigenvalue weighted by atomic mass is 10.0. The largest absolute Gasteiger partial charge is 0.395 e. The maximum atomic E-state index is 12.0. The van der Waals surface area contributed by atoms with E-state index in [-0.39, 0.29) is 25.0 Å². The minimum Gasteiger partial charge on any atom is -0.395 e. The first-order chi connectivity index (χ1) is 12.1. The minimum atomic E-state index is -0.220. The van der Waals surface area contributed by atoms with Gasteiger partial charge in [-0.15, -0.1) is 0 Å². The van der Waals surface area contributed by atoms with Gasteiger partial charge in [-0.1, -0.05) is 29.5 Å². The topological polar surface area (TPSA) is 91.3 Å². The Morgan fingerprint density at radius 3 is 2.72 bits per heavy atom. The Hall–Kier alpha value is -2.77. The molecule has 1 heterocycles. The van der Waals surface area contributed by atoms with Crippen LogP contribution in [0.15, 0.2) is 42.5 Å². The molecule has 3 rings (SSSR count). The van der Waals surface area contributed by atoms with Crippen molar-refractivity contribution in [2.75, 3.05) is 18.5 Å². The Morgan fingerprint density at radius 1 is 1.16 bits per heavy atom. The number of aliphatic hydroxyl groups excluding tert-OH is 1. The molecule has 0 fully saturated rings. The molecule has 0 saturated heterocycles. The van der Waals surface area contributed by atoms with Gasteiger partial charge in [-0.05, 0) is 35.4 Å². The Bertz CT molecular complexity index is 936. The van der Waals surface area contributed by atoms with Gasteiger partial charge in [0, 0.05) is 19.0 Å². The molecule has 0 atom stereocenters. The van der Waals surface area contributed by atoms with Gasteiger partial charge in [0.2, 0.25) is 5.91 Å². The van der Waals surface area contributed by atoms with Crippen LogP contribution in [0.4, 0.5) is 5.13 Å². The fourth-order valence-electron chi connectivity index (χ4n) is 2.42. The van der Waals surface area contributed by atoms with Gasteiger partial charge in [0.05, 0.1) is 16.8 Å². The van der Waals surface area contributed by atoms with Gasteiger partial charge < -0.3 is 15.7 Å². The van der Waals surface area contributed by atoms with Crippen molar-refractivity contribution < 1.29 is 14.7 Å². The summed E-state index contributed by atoms with van der Waals surface area (Å²) in [4.78, 5) is 27.6. The molecule has 1 aromatic heterocycles. The molecule has 2 amide bonds. The third kappa shape index (κ3) is 4.01. The number of aliphatic hydroxyl groups is 1. The first kappa shape index (κ1) is 17.1. The third-order valence-electron chi connectivity index (χ3n) is 3.53. The third-order valence-corrected chi connectivity index (χ3v) is 4.46. The second-order valence-corrected chi connectivity index (χ2v) is 6.47. The molecule has 0 aliphatic carbocycles. The van der Waals surface area contributed by atoms with E-state index in [2.05, 4.69) is 15.6 Å². The lowest BCUT2D eigenvalue weighted by Crippen LogP contribution is -2.26. The molecule has 128 valence electrons. The van der Waals surface area contributed by atoms with Gasteiger partial charge in [-0.3, -0.25) is 9.59 Å². The second-order valence-electron chi connectivity index (χ2n) is 5.44. The molecule has 0 bridgehead atoms. The van der Waals surface area contributed by atoms with Crippen LogP contribution in [0.2, 0.25) is 0 Å². The van der Waals surface area contributed by atoms with Crippen LogP contribution in [0.5, 0.6) is 0 Å². The first-order valence-electron chi connectivity index (χ1n) is 7.74. The summed E-state index contributed by atoms with van der Waals surface area (Å²) in [6.45, 7) is 1.58. The predicted molar refractivity (Wildman–Crippen MR) is 98.8 cm³/mol. The number of nitrogens with zero attached hydrogens (tertiary/aromatic N) is 1. The highest BCUT2D eigenvalue weighted by Gasteiger charge is 2.09. The fourth-order valence-corrected chi connectivity index (χ4v) is 3.37. The number of carbonyl (C=O) groups excluding carboxylic acids is 2. The number of rotatable bonds is 5. The molecule has 0 saturated carbocycles. The molecule has 3 aromatic rings. The van der Waals surface area contributed by atoms with Crippen LogP contribution in [-0.2, 0) is 4.79 Å². The molecule has 0 aliphatic heterocycles. The zero-order valence-electron chi connectivity index (χ0n) is 13.6. The Kier molecular flexibility index (Phi) is 5.06. The Morgan fingerprint density at radius 2 is 1.96 bits per heavy atom. The number of carbonyl (C=O) groups is 2. The van der Waals surface area contributed by atoms with Gasteiger partial charge in [-0.25, -0.2) is 4.98 Å². The summed E-state index contributed by atoms with van der Waals surface area (Å²) < 4.78 is 0.955. The highest BCUT2D eigenvalue weighted by Crippen LogP contribution is 2.30. The number of benzene rings is 2. The highest BCUT2D eigenvalue weighted by molar-refractivity contribution is 7.22. The van der Waals surface area contributed by atoms with Crippen LogP contribution < -0.4 is 10.6 Å². The highest BCUT2D eigenvalue weighted by atomic mass is 32.1. The summed E-state index contributed by atoms with van der Waals surface area (Å²) in [5.74, 6) is -0.372. The van der Waals surface area contributed by atoms with Gasteiger partial charge >= 0.3 is 0 Å². The molecule has 0 aliphatic rings. The quantitative estimate of drug-likeness (QED) is 0.656. The van der Waals surface area contributed by atoms with E-state index in [0.29, 0.717) is 10.7 Å². The molecular formula is C18H17N3O3S. The lowest BCUT2D eigenvalue weighted by molar-refractivity contribution is -0.114. The van der Waals surface area contributed by atoms with Crippen LogP contribution in [0.3, 0.4) is 0 Å². The van der Waals surface area contributed by atoms with Crippen molar-refractivity contribution >= 4 is 38.5 Å². The van der Waals surface area contributed by atoms with E-state index in [1.807, 2.05) is 36.4 Å². The maximum absolute atomic E-state index is 12.0. The standard InChI is InChI=1S/C18H17N3O3S/c1-11(23)20-18-21-15-6-5-13(10-16(15)25-18)12-3-2-4-14(9-12)17(24)19-7-8-22/h2-6,9-10,22H,7-8H2,1H3,(H,19,24)(H,20,21,23). The van der Waals surface area contributed by atoms with E-state index in [0.717, 1.165) is 21.3 Å².